The number of nitrogens with one attached hydrogen (secondary N) is 1. The van der Waals surface area contributed by atoms with Gasteiger partial charge >= 0.3 is 0 Å². The summed E-state index contributed by atoms with van der Waals surface area (Å²) >= 11 is 0. The van der Waals surface area contributed by atoms with Crippen LogP contribution in [0.4, 0.5) is 11.5 Å². The number of rotatable bonds is 7. The Morgan fingerprint density at radius 3 is 2.72 bits per heavy atom. The van der Waals surface area contributed by atoms with Gasteiger partial charge in [-0.2, -0.15) is 0 Å². The predicted molar refractivity (Wildman–Crippen MR) is 72.7 cm³/mol. The molecule has 0 saturated carbocycles. The summed E-state index contributed by atoms with van der Waals surface area (Å²) in [5.74, 6) is 1.29. The van der Waals surface area contributed by atoms with Gasteiger partial charge in [0.1, 0.15) is 5.82 Å². The zero-order chi connectivity index (χ0) is 13.5. The van der Waals surface area contributed by atoms with E-state index in [4.69, 9.17) is 0 Å². The summed E-state index contributed by atoms with van der Waals surface area (Å²) in [5, 5.41) is 13.8. The van der Waals surface area contributed by atoms with Crippen LogP contribution in [0.5, 0.6) is 0 Å². The van der Waals surface area contributed by atoms with Gasteiger partial charge in [-0.05, 0) is 19.3 Å². The summed E-state index contributed by atoms with van der Waals surface area (Å²) in [7, 11) is 0. The quantitative estimate of drug-likeness (QED) is 0.593. The van der Waals surface area contributed by atoms with E-state index in [9.17, 15) is 10.1 Å². The number of anilines is 1. The van der Waals surface area contributed by atoms with Crippen molar-refractivity contribution in [3.63, 3.8) is 0 Å². The van der Waals surface area contributed by atoms with Crippen molar-refractivity contribution in [1.82, 2.24) is 4.98 Å². The third-order valence-electron chi connectivity index (χ3n) is 2.77. The van der Waals surface area contributed by atoms with Crippen molar-refractivity contribution < 1.29 is 4.92 Å². The minimum absolute atomic E-state index is 0.0712. The molecular weight excluding hydrogens is 230 g/mol. The molecule has 1 aromatic rings. The van der Waals surface area contributed by atoms with Crippen LogP contribution in [0.3, 0.4) is 0 Å². The van der Waals surface area contributed by atoms with E-state index in [1.165, 1.54) is 24.8 Å². The largest absolute Gasteiger partial charge is 0.367 e. The molecule has 0 radical (unpaired) electrons. The number of nitro groups is 1. The molecule has 1 rings (SSSR count). The molecule has 5 nitrogen and oxygen atoms in total. The van der Waals surface area contributed by atoms with Crippen molar-refractivity contribution in [3.05, 3.63) is 28.4 Å². The molecule has 0 bridgehead atoms. The Hall–Kier alpha value is -1.65. The molecule has 0 saturated heterocycles. The van der Waals surface area contributed by atoms with Gasteiger partial charge in [-0.1, -0.05) is 26.7 Å². The molecule has 0 aliphatic heterocycles. The molecule has 100 valence electrons. The van der Waals surface area contributed by atoms with Gasteiger partial charge in [-0.3, -0.25) is 10.1 Å². The fourth-order valence-electron chi connectivity index (χ4n) is 1.77. The van der Waals surface area contributed by atoms with E-state index in [0.717, 1.165) is 12.8 Å². The maximum absolute atomic E-state index is 10.6. The Morgan fingerprint density at radius 2 is 2.11 bits per heavy atom. The third kappa shape index (κ3) is 5.12. The van der Waals surface area contributed by atoms with Gasteiger partial charge in [0, 0.05) is 18.3 Å². The minimum Gasteiger partial charge on any atom is -0.367 e. The van der Waals surface area contributed by atoms with Crippen molar-refractivity contribution in [3.8, 4) is 0 Å². The Bertz CT molecular complexity index is 394. The van der Waals surface area contributed by atoms with Gasteiger partial charge in [0.05, 0.1) is 11.0 Å². The molecule has 0 aromatic carbocycles. The predicted octanol–water partition coefficient (Wildman–Crippen LogP) is 3.62. The van der Waals surface area contributed by atoms with E-state index in [-0.39, 0.29) is 11.7 Å². The molecule has 1 unspecified atom stereocenters. The van der Waals surface area contributed by atoms with Gasteiger partial charge < -0.3 is 5.32 Å². The van der Waals surface area contributed by atoms with Crippen LogP contribution < -0.4 is 5.32 Å². The van der Waals surface area contributed by atoms with Crippen molar-refractivity contribution in [2.45, 2.75) is 46.1 Å². The second-order valence-corrected chi connectivity index (χ2v) is 5.03. The van der Waals surface area contributed by atoms with E-state index in [0.29, 0.717) is 11.7 Å². The lowest BCUT2D eigenvalue weighted by Gasteiger charge is -2.14. The van der Waals surface area contributed by atoms with E-state index in [1.807, 2.05) is 0 Å². The monoisotopic (exact) mass is 251 g/mol. The molecule has 18 heavy (non-hydrogen) atoms. The maximum atomic E-state index is 10.6. The van der Waals surface area contributed by atoms with Crippen molar-refractivity contribution >= 4 is 11.5 Å². The third-order valence-corrected chi connectivity index (χ3v) is 2.77. The van der Waals surface area contributed by atoms with Gasteiger partial charge in [-0.25, -0.2) is 4.98 Å². The van der Waals surface area contributed by atoms with E-state index < -0.39 is 4.92 Å². The molecule has 0 aliphatic rings. The highest BCUT2D eigenvalue weighted by atomic mass is 16.6. The summed E-state index contributed by atoms with van der Waals surface area (Å²) in [6, 6.07) is 3.14. The van der Waals surface area contributed by atoms with Crippen molar-refractivity contribution in [2.24, 2.45) is 5.92 Å². The van der Waals surface area contributed by atoms with Crippen LogP contribution in [-0.4, -0.2) is 15.9 Å². The number of hydrogen-bond acceptors (Lipinski definition) is 4. The SMILES string of the molecule is CC(C)CCCC(C)Nc1cc([N+](=O)[O-])ccn1. The molecule has 1 atom stereocenters. The first-order chi connectivity index (χ1) is 8.49. The Balaban J connectivity index is 2.46. The fraction of sp³-hybridized carbons (Fsp3) is 0.615. The van der Waals surface area contributed by atoms with Crippen LogP contribution in [0.2, 0.25) is 0 Å². The number of hydrogen-bond donors (Lipinski definition) is 1. The zero-order valence-corrected chi connectivity index (χ0v) is 11.2. The number of aromatic nitrogens is 1. The Morgan fingerprint density at radius 1 is 1.39 bits per heavy atom. The molecule has 1 heterocycles. The number of nitrogens with zero attached hydrogens (tertiary/aromatic N) is 2. The average molecular weight is 251 g/mol. The van der Waals surface area contributed by atoms with E-state index in [1.54, 1.807) is 0 Å². The van der Waals surface area contributed by atoms with Crippen LogP contribution in [-0.2, 0) is 0 Å². The van der Waals surface area contributed by atoms with E-state index in [2.05, 4.69) is 31.1 Å². The molecular formula is C13H21N3O2. The fourth-order valence-corrected chi connectivity index (χ4v) is 1.77. The second-order valence-electron chi connectivity index (χ2n) is 5.03. The second kappa shape index (κ2) is 6.93. The molecule has 0 spiro atoms. The highest BCUT2D eigenvalue weighted by Gasteiger charge is 2.09. The standard InChI is InChI=1S/C13H21N3O2/c1-10(2)5-4-6-11(3)15-13-9-12(16(17)18)7-8-14-13/h7-11H,4-6H2,1-3H3,(H,14,15). The smallest absolute Gasteiger partial charge is 0.274 e. The van der Waals surface area contributed by atoms with Gasteiger partial charge in [0.25, 0.3) is 5.69 Å². The zero-order valence-electron chi connectivity index (χ0n) is 11.2. The average Bonchev–Trinajstić information content (AvgIpc) is 2.28. The first-order valence-corrected chi connectivity index (χ1v) is 6.36. The Kier molecular flexibility index (Phi) is 5.55. The van der Waals surface area contributed by atoms with Gasteiger partial charge in [-0.15, -0.1) is 0 Å². The van der Waals surface area contributed by atoms with Gasteiger partial charge in [0.15, 0.2) is 0 Å². The lowest BCUT2D eigenvalue weighted by atomic mass is 10.0. The highest BCUT2D eigenvalue weighted by Crippen LogP contribution is 2.16. The topological polar surface area (TPSA) is 68.1 Å². The molecule has 1 aromatic heterocycles. The first kappa shape index (κ1) is 14.4. The summed E-state index contributed by atoms with van der Waals surface area (Å²) < 4.78 is 0. The Labute approximate surface area is 108 Å². The molecule has 0 aliphatic carbocycles. The highest BCUT2D eigenvalue weighted by molar-refractivity contribution is 5.44. The van der Waals surface area contributed by atoms with E-state index >= 15 is 0 Å². The van der Waals surface area contributed by atoms with Crippen molar-refractivity contribution in [1.29, 1.82) is 0 Å². The maximum Gasteiger partial charge on any atom is 0.274 e. The summed E-state index contributed by atoms with van der Waals surface area (Å²) in [6.07, 6.45) is 4.86. The molecule has 0 fully saturated rings. The van der Waals surface area contributed by atoms with Crippen LogP contribution >= 0.6 is 0 Å². The van der Waals surface area contributed by atoms with Crippen LogP contribution in [0.25, 0.3) is 0 Å². The summed E-state index contributed by atoms with van der Waals surface area (Å²) in [6.45, 7) is 6.49. The number of pyridine rings is 1. The van der Waals surface area contributed by atoms with Crippen LogP contribution in [0, 0.1) is 16.0 Å². The normalized spacial score (nSPS) is 12.4. The van der Waals surface area contributed by atoms with Crippen LogP contribution in [0.15, 0.2) is 18.3 Å². The molecule has 0 amide bonds. The summed E-state index contributed by atoms with van der Waals surface area (Å²) in [4.78, 5) is 14.3. The molecule has 1 N–H and O–H groups in total. The van der Waals surface area contributed by atoms with Crippen molar-refractivity contribution in [2.75, 3.05) is 5.32 Å². The minimum atomic E-state index is -0.406. The first-order valence-electron chi connectivity index (χ1n) is 6.36. The van der Waals surface area contributed by atoms with Crippen LogP contribution in [0.1, 0.15) is 40.0 Å². The van der Waals surface area contributed by atoms with Gasteiger partial charge in [0.2, 0.25) is 0 Å². The summed E-state index contributed by atoms with van der Waals surface area (Å²) in [5.41, 5.74) is 0.0712. The molecule has 5 heteroatoms. The lowest BCUT2D eigenvalue weighted by Crippen LogP contribution is -2.16. The lowest BCUT2D eigenvalue weighted by molar-refractivity contribution is -0.384.